The van der Waals surface area contributed by atoms with Crippen LogP contribution in [0.4, 0.5) is 0 Å². The highest BCUT2D eigenvalue weighted by Gasteiger charge is 2.35. The van der Waals surface area contributed by atoms with Crippen LogP contribution in [0.25, 0.3) is 0 Å². The third kappa shape index (κ3) is 1.87. The van der Waals surface area contributed by atoms with E-state index in [-0.39, 0.29) is 0 Å². The van der Waals surface area contributed by atoms with Gasteiger partial charge < -0.3 is 5.73 Å². The Bertz CT molecular complexity index is 539. The molecule has 0 spiro atoms. The van der Waals surface area contributed by atoms with Gasteiger partial charge in [0.05, 0.1) is 5.54 Å². The second kappa shape index (κ2) is 3.89. The van der Waals surface area contributed by atoms with Gasteiger partial charge in [0.15, 0.2) is 5.82 Å². The molecule has 0 bridgehead atoms. The standard InChI is InChI=1S/C11H12BrN5/c12-9-2-1-8-6-11(13,4-3-7(8)5-9)10-14-16-17-15-10/h1-2,5H,3-4,6,13H2,(H,14,15,16,17). The largest absolute Gasteiger partial charge is 0.318 e. The number of benzene rings is 1. The third-order valence-electron chi connectivity index (χ3n) is 3.31. The van der Waals surface area contributed by atoms with Gasteiger partial charge in [-0.1, -0.05) is 27.2 Å². The Labute approximate surface area is 107 Å². The lowest BCUT2D eigenvalue weighted by atomic mass is 9.78. The van der Waals surface area contributed by atoms with Crippen molar-refractivity contribution in [2.45, 2.75) is 24.8 Å². The van der Waals surface area contributed by atoms with E-state index >= 15 is 0 Å². The van der Waals surface area contributed by atoms with Crippen molar-refractivity contribution in [1.82, 2.24) is 20.6 Å². The summed E-state index contributed by atoms with van der Waals surface area (Å²) in [5.41, 5.74) is 8.51. The average Bonchev–Trinajstić information content (AvgIpc) is 2.84. The number of nitrogens with two attached hydrogens (primary N) is 1. The molecule has 1 aliphatic rings. The van der Waals surface area contributed by atoms with Crippen molar-refractivity contribution < 1.29 is 0 Å². The monoisotopic (exact) mass is 293 g/mol. The molecule has 1 aromatic carbocycles. The third-order valence-corrected chi connectivity index (χ3v) is 3.80. The van der Waals surface area contributed by atoms with E-state index in [1.165, 1.54) is 11.1 Å². The van der Waals surface area contributed by atoms with Crippen LogP contribution in [0.5, 0.6) is 0 Å². The minimum Gasteiger partial charge on any atom is -0.318 e. The molecule has 88 valence electrons. The van der Waals surface area contributed by atoms with Gasteiger partial charge in [0, 0.05) is 4.47 Å². The van der Waals surface area contributed by atoms with E-state index in [0.29, 0.717) is 5.82 Å². The highest BCUT2D eigenvalue weighted by molar-refractivity contribution is 9.10. The number of nitrogens with zero attached hydrogens (tertiary/aromatic N) is 3. The normalized spacial score (nSPS) is 23.4. The molecule has 0 saturated heterocycles. The summed E-state index contributed by atoms with van der Waals surface area (Å²) in [6.45, 7) is 0. The summed E-state index contributed by atoms with van der Waals surface area (Å²) in [5.74, 6) is 0.603. The summed E-state index contributed by atoms with van der Waals surface area (Å²) >= 11 is 3.49. The molecular formula is C11H12BrN5. The molecule has 6 heteroatoms. The lowest BCUT2D eigenvalue weighted by Crippen LogP contribution is -2.43. The quantitative estimate of drug-likeness (QED) is 0.831. The van der Waals surface area contributed by atoms with Crippen molar-refractivity contribution in [3.05, 3.63) is 39.6 Å². The van der Waals surface area contributed by atoms with Crippen LogP contribution < -0.4 is 5.73 Å². The molecule has 1 heterocycles. The molecule has 0 amide bonds. The van der Waals surface area contributed by atoms with E-state index in [9.17, 15) is 0 Å². The molecule has 0 radical (unpaired) electrons. The summed E-state index contributed by atoms with van der Waals surface area (Å²) < 4.78 is 1.11. The predicted molar refractivity (Wildman–Crippen MR) is 66.2 cm³/mol. The Kier molecular flexibility index (Phi) is 2.48. The van der Waals surface area contributed by atoms with E-state index in [1.807, 2.05) is 6.07 Å². The van der Waals surface area contributed by atoms with Crippen molar-refractivity contribution in [3.8, 4) is 0 Å². The van der Waals surface area contributed by atoms with Crippen LogP contribution >= 0.6 is 15.9 Å². The second-order valence-corrected chi connectivity index (χ2v) is 5.40. The van der Waals surface area contributed by atoms with Crippen molar-refractivity contribution >= 4 is 15.9 Å². The first-order chi connectivity index (χ1) is 8.17. The number of aromatic amines is 1. The molecule has 0 saturated carbocycles. The first kappa shape index (κ1) is 10.9. The van der Waals surface area contributed by atoms with E-state index < -0.39 is 5.54 Å². The minimum atomic E-state index is -0.492. The summed E-state index contributed by atoms with van der Waals surface area (Å²) in [7, 11) is 0. The van der Waals surface area contributed by atoms with Crippen molar-refractivity contribution in [2.75, 3.05) is 0 Å². The summed E-state index contributed by atoms with van der Waals surface area (Å²) in [6, 6.07) is 6.31. The maximum absolute atomic E-state index is 6.38. The van der Waals surface area contributed by atoms with Crippen LogP contribution in [0.15, 0.2) is 22.7 Å². The van der Waals surface area contributed by atoms with Crippen molar-refractivity contribution in [2.24, 2.45) is 5.73 Å². The Morgan fingerprint density at radius 3 is 3.00 bits per heavy atom. The molecule has 1 aliphatic carbocycles. The smallest absolute Gasteiger partial charge is 0.194 e. The van der Waals surface area contributed by atoms with Gasteiger partial charge in [0.2, 0.25) is 0 Å². The number of fused-ring (bicyclic) bond motifs is 1. The molecule has 17 heavy (non-hydrogen) atoms. The molecule has 1 unspecified atom stereocenters. The first-order valence-corrected chi connectivity index (χ1v) is 6.27. The van der Waals surface area contributed by atoms with E-state index in [2.05, 4.69) is 48.7 Å². The number of aromatic nitrogens is 4. The number of hydrogen-bond acceptors (Lipinski definition) is 4. The molecule has 3 rings (SSSR count). The average molecular weight is 294 g/mol. The molecule has 0 aliphatic heterocycles. The number of hydrogen-bond donors (Lipinski definition) is 2. The Hall–Kier alpha value is -1.27. The number of rotatable bonds is 1. The fraction of sp³-hybridized carbons (Fsp3) is 0.364. The van der Waals surface area contributed by atoms with Gasteiger partial charge in [-0.25, -0.2) is 0 Å². The van der Waals surface area contributed by atoms with Crippen LogP contribution in [0, 0.1) is 0 Å². The molecule has 2 aromatic rings. The Balaban J connectivity index is 1.97. The number of halogens is 1. The number of nitrogens with one attached hydrogen (secondary N) is 1. The first-order valence-electron chi connectivity index (χ1n) is 5.47. The van der Waals surface area contributed by atoms with Gasteiger partial charge in [-0.3, -0.25) is 0 Å². The van der Waals surface area contributed by atoms with Crippen molar-refractivity contribution in [1.29, 1.82) is 0 Å². The topological polar surface area (TPSA) is 80.5 Å². The highest BCUT2D eigenvalue weighted by Crippen LogP contribution is 2.33. The number of tetrazole rings is 1. The maximum atomic E-state index is 6.38. The molecule has 3 N–H and O–H groups in total. The molecule has 5 nitrogen and oxygen atoms in total. The number of aryl methyl sites for hydroxylation is 1. The van der Waals surface area contributed by atoms with Crippen LogP contribution in [0.3, 0.4) is 0 Å². The van der Waals surface area contributed by atoms with Crippen LogP contribution in [0.2, 0.25) is 0 Å². The maximum Gasteiger partial charge on any atom is 0.194 e. The highest BCUT2D eigenvalue weighted by atomic mass is 79.9. The van der Waals surface area contributed by atoms with E-state index in [4.69, 9.17) is 5.73 Å². The van der Waals surface area contributed by atoms with Gasteiger partial charge in [-0.05, 0) is 42.5 Å². The lowest BCUT2D eigenvalue weighted by molar-refractivity contribution is 0.363. The summed E-state index contributed by atoms with van der Waals surface area (Å²) in [4.78, 5) is 0. The SMILES string of the molecule is NC1(c2nn[nH]n2)CCc2cc(Br)ccc2C1. The van der Waals surface area contributed by atoms with Gasteiger partial charge >= 0.3 is 0 Å². The Morgan fingerprint density at radius 2 is 2.24 bits per heavy atom. The number of H-pyrrole nitrogens is 1. The van der Waals surface area contributed by atoms with Crippen molar-refractivity contribution in [3.63, 3.8) is 0 Å². The zero-order chi connectivity index (χ0) is 11.9. The molecule has 1 atom stereocenters. The predicted octanol–water partition coefficient (Wildman–Crippen LogP) is 1.31. The molecule has 1 aromatic heterocycles. The van der Waals surface area contributed by atoms with E-state index in [0.717, 1.165) is 23.7 Å². The Morgan fingerprint density at radius 1 is 1.35 bits per heavy atom. The van der Waals surface area contributed by atoms with Gasteiger partial charge in [-0.2, -0.15) is 5.21 Å². The lowest BCUT2D eigenvalue weighted by Gasteiger charge is -2.31. The summed E-state index contributed by atoms with van der Waals surface area (Å²) in [6.07, 6.45) is 2.55. The fourth-order valence-electron chi connectivity index (χ4n) is 2.35. The van der Waals surface area contributed by atoms with Gasteiger partial charge in [-0.15, -0.1) is 10.2 Å². The van der Waals surface area contributed by atoms with E-state index in [1.54, 1.807) is 0 Å². The van der Waals surface area contributed by atoms with Crippen LogP contribution in [-0.2, 0) is 18.4 Å². The fourth-order valence-corrected chi connectivity index (χ4v) is 2.76. The minimum absolute atomic E-state index is 0.492. The molecule has 0 fully saturated rings. The zero-order valence-corrected chi connectivity index (χ0v) is 10.7. The zero-order valence-electron chi connectivity index (χ0n) is 9.15. The van der Waals surface area contributed by atoms with Crippen LogP contribution in [0.1, 0.15) is 23.4 Å². The second-order valence-electron chi connectivity index (χ2n) is 4.48. The van der Waals surface area contributed by atoms with Gasteiger partial charge in [0.25, 0.3) is 0 Å². The van der Waals surface area contributed by atoms with Gasteiger partial charge in [0.1, 0.15) is 0 Å². The molecular weight excluding hydrogens is 282 g/mol. The van der Waals surface area contributed by atoms with Crippen LogP contribution in [-0.4, -0.2) is 20.6 Å². The summed E-state index contributed by atoms with van der Waals surface area (Å²) in [5, 5.41) is 14.1.